The van der Waals surface area contributed by atoms with Crippen LogP contribution in [-0.4, -0.2) is 23.9 Å². The third-order valence-electron chi connectivity index (χ3n) is 1.69. The summed E-state index contributed by atoms with van der Waals surface area (Å²) in [6.07, 6.45) is 0. The minimum Gasteiger partial charge on any atom is -0.507 e. The summed E-state index contributed by atoms with van der Waals surface area (Å²) in [4.78, 5) is 0.768. The molecule has 15 heavy (non-hydrogen) atoms. The van der Waals surface area contributed by atoms with Gasteiger partial charge in [-0.15, -0.1) is 0 Å². The number of benzene rings is 1. The van der Waals surface area contributed by atoms with Crippen molar-refractivity contribution in [3.63, 3.8) is 0 Å². The fourth-order valence-electron chi connectivity index (χ4n) is 1.05. The van der Waals surface area contributed by atoms with Gasteiger partial charge in [-0.1, -0.05) is 23.9 Å². The Bertz CT molecular complexity index is 285. The number of aromatic hydroxyl groups is 1. The molecule has 0 fully saturated rings. The van der Waals surface area contributed by atoms with E-state index in [1.165, 1.54) is 11.8 Å². The second-order valence-corrected chi connectivity index (χ2v) is 3.85. The van der Waals surface area contributed by atoms with E-state index in [2.05, 4.69) is 0 Å². The maximum absolute atomic E-state index is 9.56. The summed E-state index contributed by atoms with van der Waals surface area (Å²) in [6, 6.07) is 7.15. The maximum atomic E-state index is 9.56. The zero-order valence-corrected chi connectivity index (χ0v) is 9.79. The maximum Gasteiger partial charge on any atom is 0.211 e. The first-order chi connectivity index (χ1) is 7.27. The first-order valence-electron chi connectivity index (χ1n) is 4.95. The molecule has 0 aliphatic rings. The molecular formula is C11H16O3S. The molecule has 4 heteroatoms. The third-order valence-corrected chi connectivity index (χ3v) is 2.76. The lowest BCUT2D eigenvalue weighted by molar-refractivity contribution is -0.0738. The Morgan fingerprint density at radius 1 is 1.20 bits per heavy atom. The van der Waals surface area contributed by atoms with Crippen LogP contribution in [-0.2, 0) is 9.47 Å². The van der Waals surface area contributed by atoms with E-state index >= 15 is 0 Å². The van der Waals surface area contributed by atoms with Crippen LogP contribution in [0.25, 0.3) is 0 Å². The first kappa shape index (κ1) is 12.4. The molecule has 0 unspecified atom stereocenters. The molecule has 1 aromatic carbocycles. The summed E-state index contributed by atoms with van der Waals surface area (Å²) in [5.41, 5.74) is -0.353. The molecule has 0 heterocycles. The van der Waals surface area contributed by atoms with E-state index in [0.29, 0.717) is 13.2 Å². The van der Waals surface area contributed by atoms with E-state index in [9.17, 15) is 5.11 Å². The van der Waals surface area contributed by atoms with Crippen molar-refractivity contribution in [2.75, 3.05) is 13.2 Å². The van der Waals surface area contributed by atoms with Crippen LogP contribution in [0.2, 0.25) is 0 Å². The molecule has 0 spiro atoms. The normalized spacial score (nSPS) is 10.9. The highest BCUT2D eigenvalue weighted by molar-refractivity contribution is 7.99. The Labute approximate surface area is 94.4 Å². The SMILES string of the molecule is CCOC(OCC)Sc1ccccc1O. The van der Waals surface area contributed by atoms with E-state index in [4.69, 9.17) is 9.47 Å². The monoisotopic (exact) mass is 228 g/mol. The lowest BCUT2D eigenvalue weighted by atomic mass is 10.3. The standard InChI is InChI=1S/C11H16O3S/c1-3-13-11(14-4-2)15-10-8-6-5-7-9(10)12/h5-8,11-12H,3-4H2,1-2H3. The van der Waals surface area contributed by atoms with Gasteiger partial charge in [0.25, 0.3) is 0 Å². The van der Waals surface area contributed by atoms with Crippen LogP contribution >= 0.6 is 11.8 Å². The molecule has 0 aliphatic heterocycles. The topological polar surface area (TPSA) is 38.7 Å². The predicted octanol–water partition coefficient (Wildman–Crippen LogP) is 2.84. The van der Waals surface area contributed by atoms with E-state index in [0.717, 1.165) is 4.90 Å². The zero-order chi connectivity index (χ0) is 11.1. The highest BCUT2D eigenvalue weighted by Gasteiger charge is 2.11. The van der Waals surface area contributed by atoms with Crippen molar-refractivity contribution in [3.05, 3.63) is 24.3 Å². The van der Waals surface area contributed by atoms with Gasteiger partial charge in [-0.2, -0.15) is 0 Å². The molecule has 84 valence electrons. The number of hydrogen-bond donors (Lipinski definition) is 1. The van der Waals surface area contributed by atoms with Gasteiger partial charge in [-0.05, 0) is 26.0 Å². The number of hydrogen-bond acceptors (Lipinski definition) is 4. The van der Waals surface area contributed by atoms with Crippen LogP contribution in [0.3, 0.4) is 0 Å². The molecule has 0 aliphatic carbocycles. The molecule has 1 rings (SSSR count). The predicted molar refractivity (Wildman–Crippen MR) is 61.0 cm³/mol. The van der Waals surface area contributed by atoms with Crippen molar-refractivity contribution in [2.45, 2.75) is 24.4 Å². The summed E-state index contributed by atoms with van der Waals surface area (Å²) in [6.45, 7) is 5.01. The summed E-state index contributed by atoms with van der Waals surface area (Å²) < 4.78 is 10.7. The fourth-order valence-corrected chi connectivity index (χ4v) is 2.01. The molecule has 1 aromatic rings. The zero-order valence-electron chi connectivity index (χ0n) is 8.97. The van der Waals surface area contributed by atoms with Gasteiger partial charge in [0, 0.05) is 13.2 Å². The highest BCUT2D eigenvalue weighted by atomic mass is 32.2. The van der Waals surface area contributed by atoms with Crippen LogP contribution in [0.5, 0.6) is 5.75 Å². The van der Waals surface area contributed by atoms with Crippen molar-refractivity contribution < 1.29 is 14.6 Å². The molecule has 0 saturated carbocycles. The molecule has 0 amide bonds. The minimum atomic E-state index is -0.353. The van der Waals surface area contributed by atoms with Gasteiger partial charge in [0.2, 0.25) is 5.62 Å². The van der Waals surface area contributed by atoms with Crippen LogP contribution in [0.1, 0.15) is 13.8 Å². The minimum absolute atomic E-state index is 0.256. The summed E-state index contributed by atoms with van der Waals surface area (Å²) in [5.74, 6) is 0.256. The van der Waals surface area contributed by atoms with Crippen molar-refractivity contribution in [1.29, 1.82) is 0 Å². The second-order valence-electron chi connectivity index (χ2n) is 2.78. The Hall–Kier alpha value is -0.710. The molecule has 0 aromatic heterocycles. The van der Waals surface area contributed by atoms with Gasteiger partial charge >= 0.3 is 0 Å². The quantitative estimate of drug-likeness (QED) is 0.600. The Morgan fingerprint density at radius 2 is 1.80 bits per heavy atom. The first-order valence-corrected chi connectivity index (χ1v) is 5.83. The van der Waals surface area contributed by atoms with Crippen LogP contribution in [0.4, 0.5) is 0 Å². The average molecular weight is 228 g/mol. The Morgan fingerprint density at radius 3 is 2.33 bits per heavy atom. The van der Waals surface area contributed by atoms with Gasteiger partial charge in [0.1, 0.15) is 5.75 Å². The van der Waals surface area contributed by atoms with E-state index in [1.54, 1.807) is 12.1 Å². The second kappa shape index (κ2) is 6.71. The Balaban J connectivity index is 2.60. The lowest BCUT2D eigenvalue weighted by Crippen LogP contribution is -2.12. The number of phenolic OH excluding ortho intramolecular Hbond substituents is 1. The van der Waals surface area contributed by atoms with Crippen LogP contribution in [0, 0.1) is 0 Å². The van der Waals surface area contributed by atoms with Crippen LogP contribution in [0.15, 0.2) is 29.2 Å². The third kappa shape index (κ3) is 4.11. The molecule has 1 N–H and O–H groups in total. The van der Waals surface area contributed by atoms with E-state index < -0.39 is 0 Å². The lowest BCUT2D eigenvalue weighted by Gasteiger charge is -2.16. The van der Waals surface area contributed by atoms with Crippen molar-refractivity contribution >= 4 is 11.8 Å². The smallest absolute Gasteiger partial charge is 0.211 e. The van der Waals surface area contributed by atoms with Gasteiger partial charge in [0.15, 0.2) is 0 Å². The van der Waals surface area contributed by atoms with E-state index in [1.807, 2.05) is 26.0 Å². The molecule has 0 bridgehead atoms. The number of thioether (sulfide) groups is 1. The van der Waals surface area contributed by atoms with E-state index in [-0.39, 0.29) is 11.4 Å². The van der Waals surface area contributed by atoms with Crippen molar-refractivity contribution in [3.8, 4) is 5.75 Å². The van der Waals surface area contributed by atoms with Gasteiger partial charge in [-0.3, -0.25) is 0 Å². The summed E-state index contributed by atoms with van der Waals surface area (Å²) >= 11 is 1.37. The van der Waals surface area contributed by atoms with Crippen molar-refractivity contribution in [2.24, 2.45) is 0 Å². The summed E-state index contributed by atoms with van der Waals surface area (Å²) in [5, 5.41) is 9.56. The van der Waals surface area contributed by atoms with Gasteiger partial charge < -0.3 is 14.6 Å². The Kier molecular flexibility index (Phi) is 5.53. The summed E-state index contributed by atoms with van der Waals surface area (Å²) in [7, 11) is 0. The number of phenols is 1. The van der Waals surface area contributed by atoms with Crippen molar-refractivity contribution in [1.82, 2.24) is 0 Å². The molecule has 0 atom stereocenters. The molecule has 0 saturated heterocycles. The highest BCUT2D eigenvalue weighted by Crippen LogP contribution is 2.31. The average Bonchev–Trinajstić information content (AvgIpc) is 2.22. The molecular weight excluding hydrogens is 212 g/mol. The van der Waals surface area contributed by atoms with Gasteiger partial charge in [0.05, 0.1) is 4.90 Å². The fraction of sp³-hybridized carbons (Fsp3) is 0.455. The molecule has 3 nitrogen and oxygen atoms in total. The largest absolute Gasteiger partial charge is 0.507 e. The van der Waals surface area contributed by atoms with Gasteiger partial charge in [-0.25, -0.2) is 0 Å². The molecule has 0 radical (unpaired) electrons. The number of para-hydroxylation sites is 1. The number of rotatable bonds is 6. The number of ether oxygens (including phenoxy) is 2. The van der Waals surface area contributed by atoms with Crippen LogP contribution < -0.4 is 0 Å².